The number of carbonyl (C=O) groups excluding carboxylic acids is 1. The van der Waals surface area contributed by atoms with Crippen molar-refractivity contribution >= 4 is 11.9 Å². The van der Waals surface area contributed by atoms with E-state index in [1.165, 1.54) is 5.56 Å². The van der Waals surface area contributed by atoms with Crippen molar-refractivity contribution in [2.45, 2.75) is 89.7 Å². The van der Waals surface area contributed by atoms with Crippen molar-refractivity contribution in [2.24, 2.45) is 5.92 Å². The standard InChI is InChI=1S/C26H41FN6O3/c1-26(2,3)36-25(34)33-19-6-7-20(33)15-32(14-19)23-21-8-10-29-13-22(21)30-24(31-23)35-16-17-5-4-9-28-12-18(27)11-17/h17-20,28-29H,4-16H2,1-3H3/t17-,18-,19?,20?/m1/s1. The zero-order valence-electron chi connectivity index (χ0n) is 21.9. The van der Waals surface area contributed by atoms with Gasteiger partial charge in [0.15, 0.2) is 0 Å². The van der Waals surface area contributed by atoms with Gasteiger partial charge in [-0.3, -0.25) is 4.90 Å². The van der Waals surface area contributed by atoms with Crippen molar-refractivity contribution in [2.75, 3.05) is 44.2 Å². The van der Waals surface area contributed by atoms with E-state index in [9.17, 15) is 9.18 Å². The third-order valence-corrected chi connectivity index (χ3v) is 7.65. The summed E-state index contributed by atoms with van der Waals surface area (Å²) in [5, 5.41) is 6.57. The monoisotopic (exact) mass is 504 g/mol. The summed E-state index contributed by atoms with van der Waals surface area (Å²) >= 11 is 0. The van der Waals surface area contributed by atoms with E-state index in [1.54, 1.807) is 0 Å². The lowest BCUT2D eigenvalue weighted by Crippen LogP contribution is -2.57. The lowest BCUT2D eigenvalue weighted by molar-refractivity contribution is 0.0122. The Morgan fingerprint density at radius 1 is 1.11 bits per heavy atom. The summed E-state index contributed by atoms with van der Waals surface area (Å²) < 4.78 is 26.0. The molecule has 200 valence electrons. The molecule has 1 aromatic heterocycles. The molecule has 4 atom stereocenters. The molecule has 3 saturated heterocycles. The summed E-state index contributed by atoms with van der Waals surface area (Å²) in [6.07, 6.45) is 4.20. The summed E-state index contributed by atoms with van der Waals surface area (Å²) in [6, 6.07) is 0.602. The van der Waals surface area contributed by atoms with Crippen LogP contribution in [0.5, 0.6) is 6.01 Å². The maximum atomic E-state index is 14.2. The summed E-state index contributed by atoms with van der Waals surface area (Å²) in [6.45, 7) is 10.5. The number of nitrogens with one attached hydrogen (secondary N) is 2. The molecule has 2 unspecified atom stereocenters. The molecule has 1 aromatic rings. The van der Waals surface area contributed by atoms with Crippen LogP contribution in [0.3, 0.4) is 0 Å². The number of amides is 1. The van der Waals surface area contributed by atoms with E-state index in [0.29, 0.717) is 32.1 Å². The van der Waals surface area contributed by atoms with Crippen molar-refractivity contribution in [1.82, 2.24) is 25.5 Å². The zero-order chi connectivity index (χ0) is 25.3. The van der Waals surface area contributed by atoms with Crippen LogP contribution in [0.2, 0.25) is 0 Å². The third kappa shape index (κ3) is 5.85. The van der Waals surface area contributed by atoms with E-state index in [-0.39, 0.29) is 24.1 Å². The van der Waals surface area contributed by atoms with Gasteiger partial charge in [-0.15, -0.1) is 0 Å². The molecule has 0 aromatic carbocycles. The number of halogens is 1. The normalized spacial score (nSPS) is 28.8. The molecule has 0 aliphatic carbocycles. The van der Waals surface area contributed by atoms with Gasteiger partial charge >= 0.3 is 12.1 Å². The minimum atomic E-state index is -0.847. The Kier molecular flexibility index (Phi) is 7.53. The first kappa shape index (κ1) is 25.4. The number of alkyl halides is 1. The van der Waals surface area contributed by atoms with Crippen molar-refractivity contribution in [3.63, 3.8) is 0 Å². The van der Waals surface area contributed by atoms with E-state index in [4.69, 9.17) is 19.4 Å². The van der Waals surface area contributed by atoms with Gasteiger partial charge in [0.25, 0.3) is 0 Å². The van der Waals surface area contributed by atoms with Gasteiger partial charge < -0.3 is 25.0 Å². The fourth-order valence-electron chi connectivity index (χ4n) is 6.01. The first-order valence-electron chi connectivity index (χ1n) is 13.6. The minimum Gasteiger partial charge on any atom is -0.463 e. The summed E-state index contributed by atoms with van der Waals surface area (Å²) in [5.41, 5.74) is 1.65. The molecular weight excluding hydrogens is 463 g/mol. The molecule has 0 radical (unpaired) electrons. The van der Waals surface area contributed by atoms with Gasteiger partial charge in [-0.25, -0.2) is 9.18 Å². The quantitative estimate of drug-likeness (QED) is 0.647. The number of nitrogens with zero attached hydrogens (tertiary/aromatic N) is 4. The molecule has 5 heterocycles. The summed E-state index contributed by atoms with van der Waals surface area (Å²) in [7, 11) is 0. The van der Waals surface area contributed by atoms with Crippen LogP contribution >= 0.6 is 0 Å². The predicted molar refractivity (Wildman–Crippen MR) is 135 cm³/mol. The molecule has 4 aliphatic heterocycles. The highest BCUT2D eigenvalue weighted by Gasteiger charge is 2.45. The van der Waals surface area contributed by atoms with Crippen LogP contribution in [-0.4, -0.2) is 84.1 Å². The number of aromatic nitrogens is 2. The molecule has 5 rings (SSSR count). The number of fused-ring (bicyclic) bond motifs is 3. The molecule has 0 spiro atoms. The minimum absolute atomic E-state index is 0.111. The Bertz CT molecular complexity index is 927. The van der Waals surface area contributed by atoms with Gasteiger partial charge in [0, 0.05) is 31.7 Å². The Morgan fingerprint density at radius 2 is 1.89 bits per heavy atom. The van der Waals surface area contributed by atoms with Gasteiger partial charge in [0.1, 0.15) is 17.6 Å². The summed E-state index contributed by atoms with van der Waals surface area (Å²) in [4.78, 5) is 26.8. The van der Waals surface area contributed by atoms with E-state index in [0.717, 1.165) is 69.8 Å². The Balaban J connectivity index is 1.32. The Labute approximate surface area is 213 Å². The average Bonchev–Trinajstić information content (AvgIpc) is 3.08. The van der Waals surface area contributed by atoms with Crippen LogP contribution in [0.25, 0.3) is 0 Å². The molecule has 4 aliphatic rings. The number of hydrogen-bond acceptors (Lipinski definition) is 8. The zero-order valence-corrected chi connectivity index (χ0v) is 21.9. The van der Waals surface area contributed by atoms with Crippen molar-refractivity contribution < 1.29 is 18.7 Å². The number of ether oxygens (including phenoxy) is 2. The number of rotatable bonds is 4. The van der Waals surface area contributed by atoms with Crippen LogP contribution in [0.1, 0.15) is 64.1 Å². The third-order valence-electron chi connectivity index (χ3n) is 7.65. The fraction of sp³-hybridized carbons (Fsp3) is 0.808. The van der Waals surface area contributed by atoms with Crippen molar-refractivity contribution in [1.29, 1.82) is 0 Å². The second-order valence-corrected chi connectivity index (χ2v) is 11.7. The fourth-order valence-corrected chi connectivity index (χ4v) is 6.01. The van der Waals surface area contributed by atoms with Gasteiger partial charge in [0.05, 0.1) is 24.4 Å². The van der Waals surface area contributed by atoms with Crippen molar-refractivity contribution in [3.8, 4) is 6.01 Å². The lowest BCUT2D eigenvalue weighted by Gasteiger charge is -2.42. The predicted octanol–water partition coefficient (Wildman–Crippen LogP) is 2.82. The molecule has 2 bridgehead atoms. The van der Waals surface area contributed by atoms with Crippen LogP contribution < -0.4 is 20.3 Å². The smallest absolute Gasteiger partial charge is 0.410 e. The van der Waals surface area contributed by atoms with E-state index < -0.39 is 11.8 Å². The number of carbonyl (C=O) groups is 1. The van der Waals surface area contributed by atoms with E-state index >= 15 is 0 Å². The van der Waals surface area contributed by atoms with E-state index in [2.05, 4.69) is 15.5 Å². The van der Waals surface area contributed by atoms with Gasteiger partial charge in [-0.1, -0.05) is 0 Å². The highest BCUT2D eigenvalue weighted by molar-refractivity contribution is 5.70. The molecule has 1 amide bonds. The lowest BCUT2D eigenvalue weighted by atomic mass is 9.96. The number of piperazine rings is 1. The van der Waals surface area contributed by atoms with Gasteiger partial charge in [-0.05, 0) is 78.3 Å². The molecular formula is C26H41FN6O3. The largest absolute Gasteiger partial charge is 0.463 e. The second kappa shape index (κ2) is 10.7. The average molecular weight is 505 g/mol. The molecule has 9 nitrogen and oxygen atoms in total. The highest BCUT2D eigenvalue weighted by Crippen LogP contribution is 2.36. The Morgan fingerprint density at radius 3 is 2.64 bits per heavy atom. The topological polar surface area (TPSA) is 91.9 Å². The first-order chi connectivity index (χ1) is 17.3. The van der Waals surface area contributed by atoms with Crippen LogP contribution in [-0.2, 0) is 17.7 Å². The Hall–Kier alpha value is -2.20. The van der Waals surface area contributed by atoms with Crippen molar-refractivity contribution in [3.05, 3.63) is 11.3 Å². The van der Waals surface area contributed by atoms with Crippen LogP contribution in [0, 0.1) is 5.92 Å². The number of hydrogen-bond donors (Lipinski definition) is 2. The van der Waals surface area contributed by atoms with Gasteiger partial charge in [0.2, 0.25) is 0 Å². The van der Waals surface area contributed by atoms with Gasteiger partial charge in [-0.2, -0.15) is 9.97 Å². The van der Waals surface area contributed by atoms with E-state index in [1.807, 2.05) is 25.7 Å². The molecule has 10 heteroatoms. The van der Waals surface area contributed by atoms with Crippen LogP contribution in [0.4, 0.5) is 15.0 Å². The molecule has 2 N–H and O–H groups in total. The molecule has 3 fully saturated rings. The second-order valence-electron chi connectivity index (χ2n) is 11.7. The van der Waals surface area contributed by atoms with Crippen LogP contribution in [0.15, 0.2) is 0 Å². The summed E-state index contributed by atoms with van der Waals surface area (Å²) in [5.74, 6) is 1.10. The molecule has 36 heavy (non-hydrogen) atoms. The first-order valence-corrected chi connectivity index (χ1v) is 13.6. The highest BCUT2D eigenvalue weighted by atomic mass is 19.1. The maximum absolute atomic E-state index is 14.2. The number of anilines is 1. The SMILES string of the molecule is CC(C)(C)OC(=O)N1C2CCC1CN(c1nc(OC[C@@H]3CCCNC[C@H](F)C3)nc3c1CCNC3)C2. The molecule has 0 saturated carbocycles. The maximum Gasteiger partial charge on any atom is 0.410 e.